The molecule has 0 fully saturated rings. The Kier molecular flexibility index (Phi) is 7.18. The van der Waals surface area contributed by atoms with Crippen molar-refractivity contribution in [2.24, 2.45) is 0 Å². The lowest BCUT2D eigenvalue weighted by Crippen LogP contribution is -2.32. The fourth-order valence-corrected chi connectivity index (χ4v) is 2.19. The first kappa shape index (κ1) is 18.0. The van der Waals surface area contributed by atoms with Crippen molar-refractivity contribution in [3.05, 3.63) is 35.4 Å². The summed E-state index contributed by atoms with van der Waals surface area (Å²) < 4.78 is 41.9. The minimum absolute atomic E-state index is 0.103. The average Bonchev–Trinajstić information content (AvgIpc) is 2.43. The maximum absolute atomic E-state index is 12.2. The highest BCUT2D eigenvalue weighted by atomic mass is 19.4. The third-order valence-corrected chi connectivity index (χ3v) is 3.41. The minimum atomic E-state index is -4.17. The van der Waals surface area contributed by atoms with Gasteiger partial charge in [0, 0.05) is 0 Å². The van der Waals surface area contributed by atoms with Crippen LogP contribution in [0, 0.1) is 0 Å². The Morgan fingerprint density at radius 1 is 1.14 bits per heavy atom. The maximum atomic E-state index is 12.2. The van der Waals surface area contributed by atoms with Gasteiger partial charge in [-0.2, -0.15) is 13.2 Å². The Morgan fingerprint density at radius 2 is 1.76 bits per heavy atom. The van der Waals surface area contributed by atoms with E-state index in [4.69, 9.17) is 4.74 Å². The van der Waals surface area contributed by atoms with Crippen LogP contribution < -0.4 is 5.32 Å². The van der Waals surface area contributed by atoms with E-state index in [0.717, 1.165) is 18.5 Å². The van der Waals surface area contributed by atoms with Crippen LogP contribution in [0.4, 0.5) is 13.2 Å². The summed E-state index contributed by atoms with van der Waals surface area (Å²) in [5, 5.41) is 3.28. The molecule has 2 nitrogen and oxygen atoms in total. The van der Waals surface area contributed by atoms with E-state index in [1.54, 1.807) is 6.92 Å². The van der Waals surface area contributed by atoms with E-state index >= 15 is 0 Å². The van der Waals surface area contributed by atoms with E-state index < -0.39 is 12.6 Å². The molecular formula is C16H24F3NO. The van der Waals surface area contributed by atoms with Gasteiger partial charge in [-0.3, -0.25) is 0 Å². The predicted molar refractivity (Wildman–Crippen MR) is 78.3 cm³/mol. The van der Waals surface area contributed by atoms with E-state index in [1.165, 1.54) is 5.56 Å². The molecule has 0 aliphatic rings. The molecule has 0 bridgehead atoms. The van der Waals surface area contributed by atoms with Gasteiger partial charge in [0.15, 0.2) is 0 Å². The molecule has 1 N–H and O–H groups in total. The monoisotopic (exact) mass is 303 g/mol. The second-order valence-corrected chi connectivity index (χ2v) is 5.07. The second-order valence-electron chi connectivity index (χ2n) is 5.07. The Balaban J connectivity index is 2.66. The molecule has 5 heteroatoms. The van der Waals surface area contributed by atoms with Crippen LogP contribution in [-0.4, -0.2) is 25.4 Å². The highest BCUT2D eigenvalue weighted by Crippen LogP contribution is 2.23. The van der Waals surface area contributed by atoms with Crippen molar-refractivity contribution in [2.45, 2.75) is 51.9 Å². The van der Waals surface area contributed by atoms with Crippen molar-refractivity contribution in [1.29, 1.82) is 0 Å². The zero-order chi connectivity index (χ0) is 15.9. The van der Waals surface area contributed by atoms with Crippen molar-refractivity contribution in [2.75, 3.05) is 13.2 Å². The maximum Gasteiger partial charge on any atom is 0.391 e. The van der Waals surface area contributed by atoms with Gasteiger partial charge in [0.1, 0.15) is 0 Å². The predicted octanol–water partition coefficient (Wildman–Crippen LogP) is 4.26. The van der Waals surface area contributed by atoms with Gasteiger partial charge in [0.05, 0.1) is 25.2 Å². The first-order valence-corrected chi connectivity index (χ1v) is 7.38. The molecule has 0 amide bonds. The van der Waals surface area contributed by atoms with Crippen molar-refractivity contribution in [3.8, 4) is 0 Å². The second kappa shape index (κ2) is 8.39. The van der Waals surface area contributed by atoms with Crippen LogP contribution >= 0.6 is 0 Å². The molecule has 0 radical (unpaired) electrons. The molecule has 0 aliphatic heterocycles. The van der Waals surface area contributed by atoms with Crippen molar-refractivity contribution in [3.63, 3.8) is 0 Å². The molecule has 0 aromatic heterocycles. The molecule has 0 saturated heterocycles. The lowest BCUT2D eigenvalue weighted by atomic mass is 10.00. The summed E-state index contributed by atoms with van der Waals surface area (Å²) in [5.41, 5.74) is 2.27. The van der Waals surface area contributed by atoms with Crippen LogP contribution in [0.5, 0.6) is 0 Å². The first-order valence-electron chi connectivity index (χ1n) is 7.38. The number of nitrogens with one attached hydrogen (secondary N) is 1. The zero-order valence-electron chi connectivity index (χ0n) is 12.8. The lowest BCUT2D eigenvalue weighted by molar-refractivity contribution is -0.149. The standard InChI is InChI=1S/C16H24F3NO/c1-4-13-6-8-14(9-7-13)15(20-5-2)12(3)21-11-10-16(17,18)19/h6-9,12,15,20H,4-5,10-11H2,1-3H3. The number of alkyl halides is 3. The van der Waals surface area contributed by atoms with Crippen molar-refractivity contribution < 1.29 is 17.9 Å². The minimum Gasteiger partial charge on any atom is -0.376 e. The summed E-state index contributed by atoms with van der Waals surface area (Å²) in [5.74, 6) is 0. The molecule has 1 rings (SSSR count). The van der Waals surface area contributed by atoms with Crippen LogP contribution in [0.3, 0.4) is 0 Å². The Bertz CT molecular complexity index is 403. The van der Waals surface area contributed by atoms with Gasteiger partial charge >= 0.3 is 6.18 Å². The number of aryl methyl sites for hydroxylation is 1. The molecule has 2 atom stereocenters. The summed E-state index contributed by atoms with van der Waals surface area (Å²) in [6, 6.07) is 8.00. The van der Waals surface area contributed by atoms with E-state index in [1.807, 2.05) is 31.2 Å². The van der Waals surface area contributed by atoms with Crippen molar-refractivity contribution >= 4 is 0 Å². The number of hydrogen-bond acceptors (Lipinski definition) is 2. The zero-order valence-corrected chi connectivity index (χ0v) is 12.8. The normalized spacial score (nSPS) is 15.0. The molecule has 0 aliphatic carbocycles. The lowest BCUT2D eigenvalue weighted by Gasteiger charge is -2.26. The Morgan fingerprint density at radius 3 is 2.24 bits per heavy atom. The number of rotatable bonds is 8. The third kappa shape index (κ3) is 6.48. The summed E-state index contributed by atoms with van der Waals surface area (Å²) in [6.45, 7) is 6.28. The topological polar surface area (TPSA) is 21.3 Å². The summed E-state index contributed by atoms with van der Waals surface area (Å²) in [7, 11) is 0. The first-order chi connectivity index (χ1) is 9.87. The van der Waals surface area contributed by atoms with Gasteiger partial charge in [0.2, 0.25) is 0 Å². The largest absolute Gasteiger partial charge is 0.391 e. The molecule has 21 heavy (non-hydrogen) atoms. The fraction of sp³-hybridized carbons (Fsp3) is 0.625. The van der Waals surface area contributed by atoms with Crippen LogP contribution in [0.2, 0.25) is 0 Å². The Hall–Kier alpha value is -1.07. The molecule has 120 valence electrons. The molecule has 1 aromatic rings. The van der Waals surface area contributed by atoms with E-state index in [2.05, 4.69) is 12.2 Å². The highest BCUT2D eigenvalue weighted by Gasteiger charge is 2.28. The van der Waals surface area contributed by atoms with Gasteiger partial charge in [-0.05, 0) is 31.0 Å². The van der Waals surface area contributed by atoms with Crippen molar-refractivity contribution in [1.82, 2.24) is 5.32 Å². The smallest absolute Gasteiger partial charge is 0.376 e. The number of halogens is 3. The van der Waals surface area contributed by atoms with E-state index in [0.29, 0.717) is 0 Å². The number of hydrogen-bond donors (Lipinski definition) is 1. The summed E-state index contributed by atoms with van der Waals surface area (Å²) in [4.78, 5) is 0. The molecule has 0 heterocycles. The van der Waals surface area contributed by atoms with Crippen LogP contribution in [-0.2, 0) is 11.2 Å². The third-order valence-electron chi connectivity index (χ3n) is 3.41. The number of benzene rings is 1. The summed E-state index contributed by atoms with van der Waals surface area (Å²) >= 11 is 0. The highest BCUT2D eigenvalue weighted by molar-refractivity contribution is 5.25. The van der Waals surface area contributed by atoms with Crippen LogP contribution in [0.25, 0.3) is 0 Å². The van der Waals surface area contributed by atoms with Gasteiger partial charge in [0.25, 0.3) is 0 Å². The molecule has 2 unspecified atom stereocenters. The molecule has 1 aromatic carbocycles. The average molecular weight is 303 g/mol. The fourth-order valence-electron chi connectivity index (χ4n) is 2.19. The van der Waals surface area contributed by atoms with E-state index in [9.17, 15) is 13.2 Å². The summed E-state index contributed by atoms with van der Waals surface area (Å²) in [6.07, 6.45) is -4.44. The van der Waals surface area contributed by atoms with Crippen LogP contribution in [0.1, 0.15) is 44.4 Å². The number of ether oxygens (including phenoxy) is 1. The molecule has 0 saturated carbocycles. The van der Waals surface area contributed by atoms with Gasteiger partial charge in [-0.15, -0.1) is 0 Å². The number of likely N-dealkylation sites (N-methyl/N-ethyl adjacent to an activating group) is 1. The van der Waals surface area contributed by atoms with Gasteiger partial charge in [-0.25, -0.2) is 0 Å². The van der Waals surface area contributed by atoms with E-state index in [-0.39, 0.29) is 18.8 Å². The van der Waals surface area contributed by atoms with Crippen LogP contribution in [0.15, 0.2) is 24.3 Å². The molecule has 0 spiro atoms. The van der Waals surface area contributed by atoms with Gasteiger partial charge < -0.3 is 10.1 Å². The Labute approximate surface area is 124 Å². The van der Waals surface area contributed by atoms with Gasteiger partial charge in [-0.1, -0.05) is 38.1 Å². The SMILES string of the molecule is CCNC(c1ccc(CC)cc1)C(C)OCCC(F)(F)F. The molecular weight excluding hydrogens is 279 g/mol. The quantitative estimate of drug-likeness (QED) is 0.775.